The lowest BCUT2D eigenvalue weighted by molar-refractivity contribution is -0.134. The molecule has 1 fully saturated rings. The van der Waals surface area contributed by atoms with E-state index in [1.165, 1.54) is 31.2 Å². The summed E-state index contributed by atoms with van der Waals surface area (Å²) in [6.07, 6.45) is 0. The second-order valence-corrected chi connectivity index (χ2v) is 6.87. The molecule has 2 N–H and O–H groups in total. The highest BCUT2D eigenvalue weighted by molar-refractivity contribution is 8.39. The van der Waals surface area contributed by atoms with Crippen molar-refractivity contribution in [2.75, 3.05) is 5.32 Å². The maximum Gasteiger partial charge on any atom is 0.327 e. The van der Waals surface area contributed by atoms with E-state index in [0.29, 0.717) is 9.92 Å². The zero-order valence-electron chi connectivity index (χ0n) is 10.8. The fourth-order valence-electron chi connectivity index (χ4n) is 1.55. The van der Waals surface area contributed by atoms with Crippen LogP contribution in [-0.2, 0) is 14.4 Å². The first-order chi connectivity index (χ1) is 9.88. The van der Waals surface area contributed by atoms with Crippen LogP contribution in [0.1, 0.15) is 6.92 Å². The molecule has 1 aromatic rings. The van der Waals surface area contributed by atoms with Crippen LogP contribution in [0.3, 0.4) is 0 Å². The molecule has 1 aromatic carbocycles. The van der Waals surface area contributed by atoms with Crippen LogP contribution >= 0.6 is 23.5 Å². The number of Topliss-reactive ketones (excluding diaryl/α,β-unsaturated/α-hetero) is 1. The van der Waals surface area contributed by atoms with Gasteiger partial charge in [-0.15, -0.1) is 0 Å². The van der Waals surface area contributed by atoms with Gasteiger partial charge < -0.3 is 10.4 Å². The van der Waals surface area contributed by atoms with Crippen LogP contribution in [0, 0.1) is 5.82 Å². The number of carboxylic acid groups (broad SMARTS) is 1. The lowest BCUT2D eigenvalue weighted by atomic mass is 10.2. The zero-order chi connectivity index (χ0) is 15.6. The van der Waals surface area contributed by atoms with E-state index in [1.54, 1.807) is 0 Å². The van der Waals surface area contributed by atoms with E-state index in [0.717, 1.165) is 23.5 Å². The standard InChI is InChI=1S/C13H10FNO4S2/c1-6(16)9(12-20-13(21-12)11(18)19)10(17)15-8-4-2-7(14)3-5-8/h2-5,13H,1H3,(H,15,17)(H,18,19). The Labute approximate surface area is 128 Å². The number of rotatable bonds is 4. The van der Waals surface area contributed by atoms with Gasteiger partial charge in [0.1, 0.15) is 11.4 Å². The molecule has 1 aliphatic heterocycles. The van der Waals surface area contributed by atoms with Gasteiger partial charge in [0.15, 0.2) is 10.4 Å². The lowest BCUT2D eigenvalue weighted by Crippen LogP contribution is -2.25. The van der Waals surface area contributed by atoms with Crippen molar-refractivity contribution in [2.45, 2.75) is 11.5 Å². The van der Waals surface area contributed by atoms with Gasteiger partial charge in [-0.05, 0) is 31.2 Å². The summed E-state index contributed by atoms with van der Waals surface area (Å²) < 4.78 is 12.5. The Hall–Kier alpha value is -1.80. The number of thioether (sulfide) groups is 2. The molecule has 8 heteroatoms. The minimum absolute atomic E-state index is 0.0770. The lowest BCUT2D eigenvalue weighted by Gasteiger charge is -2.25. The van der Waals surface area contributed by atoms with Crippen molar-refractivity contribution in [1.82, 2.24) is 0 Å². The molecule has 21 heavy (non-hydrogen) atoms. The third-order valence-corrected chi connectivity index (χ3v) is 5.34. The molecule has 110 valence electrons. The number of carboxylic acids is 1. The zero-order valence-corrected chi connectivity index (χ0v) is 12.4. The SMILES string of the molecule is CC(=O)C(C(=O)Nc1ccc(F)cc1)=C1SC(C(=O)O)S1. The molecular formula is C13H10FNO4S2. The summed E-state index contributed by atoms with van der Waals surface area (Å²) in [5, 5.41) is 11.3. The van der Waals surface area contributed by atoms with Gasteiger partial charge in [-0.1, -0.05) is 23.5 Å². The van der Waals surface area contributed by atoms with Crippen molar-refractivity contribution < 1.29 is 23.9 Å². The highest BCUT2D eigenvalue weighted by Crippen LogP contribution is 2.52. The van der Waals surface area contributed by atoms with Gasteiger partial charge in [-0.25, -0.2) is 4.39 Å². The number of halogens is 1. The maximum atomic E-state index is 12.8. The fourth-order valence-corrected chi connectivity index (χ4v) is 3.73. The number of carbonyl (C=O) groups is 3. The molecule has 1 heterocycles. The molecular weight excluding hydrogens is 317 g/mol. The topological polar surface area (TPSA) is 83.5 Å². The van der Waals surface area contributed by atoms with E-state index in [2.05, 4.69) is 5.32 Å². The second-order valence-electron chi connectivity index (χ2n) is 4.09. The van der Waals surface area contributed by atoms with Crippen LogP contribution in [0.15, 0.2) is 34.1 Å². The smallest absolute Gasteiger partial charge is 0.327 e. The summed E-state index contributed by atoms with van der Waals surface area (Å²) in [4.78, 5) is 34.4. The number of benzene rings is 1. The highest BCUT2D eigenvalue weighted by atomic mass is 32.3. The third-order valence-electron chi connectivity index (χ3n) is 2.52. The van der Waals surface area contributed by atoms with Gasteiger partial charge >= 0.3 is 5.97 Å². The van der Waals surface area contributed by atoms with Gasteiger partial charge in [0, 0.05) is 5.69 Å². The van der Waals surface area contributed by atoms with Crippen LogP contribution in [0.25, 0.3) is 0 Å². The summed E-state index contributed by atoms with van der Waals surface area (Å²) in [6.45, 7) is 1.24. The monoisotopic (exact) mass is 327 g/mol. The third kappa shape index (κ3) is 3.64. The fraction of sp³-hybridized carbons (Fsp3) is 0.154. The molecule has 0 radical (unpaired) electrons. The molecule has 0 saturated carbocycles. The summed E-state index contributed by atoms with van der Waals surface area (Å²) >= 11 is 1.92. The van der Waals surface area contributed by atoms with E-state index in [1.807, 2.05) is 0 Å². The minimum Gasteiger partial charge on any atom is -0.480 e. The molecule has 0 spiro atoms. The first-order valence-corrected chi connectivity index (χ1v) is 7.52. The van der Waals surface area contributed by atoms with Crippen molar-refractivity contribution in [3.8, 4) is 0 Å². The predicted octanol–water partition coefficient (Wildman–Crippen LogP) is 2.46. The van der Waals surface area contributed by atoms with Crippen molar-refractivity contribution in [1.29, 1.82) is 0 Å². The van der Waals surface area contributed by atoms with Crippen LogP contribution in [0.4, 0.5) is 10.1 Å². The predicted molar refractivity (Wildman–Crippen MR) is 79.3 cm³/mol. The molecule has 0 aromatic heterocycles. The van der Waals surface area contributed by atoms with Crippen LogP contribution in [0.2, 0.25) is 0 Å². The van der Waals surface area contributed by atoms with E-state index >= 15 is 0 Å². The normalized spacial score (nSPS) is 16.9. The number of aliphatic carboxylic acids is 1. The molecule has 2 rings (SSSR count). The van der Waals surface area contributed by atoms with Gasteiger partial charge in [0.2, 0.25) is 0 Å². The van der Waals surface area contributed by atoms with Crippen LogP contribution in [0.5, 0.6) is 0 Å². The van der Waals surface area contributed by atoms with Crippen molar-refractivity contribution in [3.63, 3.8) is 0 Å². The largest absolute Gasteiger partial charge is 0.480 e. The molecule has 1 aliphatic rings. The Kier molecular flexibility index (Phi) is 4.69. The number of anilines is 1. The van der Waals surface area contributed by atoms with Crippen molar-refractivity contribution in [2.24, 2.45) is 0 Å². The molecule has 0 unspecified atom stereocenters. The van der Waals surface area contributed by atoms with Crippen molar-refractivity contribution >= 4 is 46.9 Å². The molecule has 1 amide bonds. The quantitative estimate of drug-likeness (QED) is 0.502. The van der Waals surface area contributed by atoms with E-state index in [9.17, 15) is 18.8 Å². The summed E-state index contributed by atoms with van der Waals surface area (Å²) in [5.41, 5.74) is 0.275. The summed E-state index contributed by atoms with van der Waals surface area (Å²) in [6, 6.07) is 5.11. The average Bonchev–Trinajstić information content (AvgIpc) is 2.34. The number of carbonyl (C=O) groups excluding carboxylic acids is 2. The van der Waals surface area contributed by atoms with E-state index < -0.39 is 28.1 Å². The van der Waals surface area contributed by atoms with Crippen LogP contribution in [-0.4, -0.2) is 27.3 Å². The van der Waals surface area contributed by atoms with E-state index in [4.69, 9.17) is 5.11 Å². The first kappa shape index (κ1) is 15.6. The highest BCUT2D eigenvalue weighted by Gasteiger charge is 2.37. The number of ketones is 1. The summed E-state index contributed by atoms with van der Waals surface area (Å²) in [7, 11) is 0. The number of amides is 1. The Morgan fingerprint density at radius 3 is 2.24 bits per heavy atom. The Morgan fingerprint density at radius 1 is 1.19 bits per heavy atom. The van der Waals surface area contributed by atoms with Crippen LogP contribution < -0.4 is 5.32 Å². The van der Waals surface area contributed by atoms with Gasteiger partial charge in [-0.2, -0.15) is 0 Å². The van der Waals surface area contributed by atoms with Gasteiger partial charge in [0.05, 0.1) is 4.24 Å². The second kappa shape index (κ2) is 6.31. The number of hydrogen-bond donors (Lipinski definition) is 2. The average molecular weight is 327 g/mol. The Bertz CT molecular complexity index is 634. The summed E-state index contributed by atoms with van der Waals surface area (Å²) in [5.74, 6) is -2.52. The molecule has 5 nitrogen and oxygen atoms in total. The maximum absolute atomic E-state index is 12.8. The molecule has 0 bridgehead atoms. The molecule has 0 atom stereocenters. The number of nitrogens with one attached hydrogen (secondary N) is 1. The minimum atomic E-state index is -1.00. The van der Waals surface area contributed by atoms with Gasteiger partial charge in [-0.3, -0.25) is 14.4 Å². The molecule has 0 aliphatic carbocycles. The number of hydrogen-bond acceptors (Lipinski definition) is 5. The van der Waals surface area contributed by atoms with E-state index in [-0.39, 0.29) is 5.57 Å². The van der Waals surface area contributed by atoms with Crippen molar-refractivity contribution in [3.05, 3.63) is 39.9 Å². The molecule has 1 saturated heterocycles. The van der Waals surface area contributed by atoms with Gasteiger partial charge in [0.25, 0.3) is 5.91 Å². The Morgan fingerprint density at radius 2 is 1.76 bits per heavy atom. The Balaban J connectivity index is 2.14. The first-order valence-electron chi connectivity index (χ1n) is 5.76.